The maximum Gasteiger partial charge on any atom is 0.272 e. The molecule has 0 atom stereocenters. The van der Waals surface area contributed by atoms with Crippen LogP contribution in [0.3, 0.4) is 0 Å². The zero-order valence-electron chi connectivity index (χ0n) is 9.67. The van der Waals surface area contributed by atoms with Crippen LogP contribution >= 0.6 is 23.2 Å². The maximum atomic E-state index is 10.6. The molecule has 1 aromatic rings. The Bertz CT molecular complexity index is 397. The van der Waals surface area contributed by atoms with Crippen molar-refractivity contribution in [2.45, 2.75) is 32.7 Å². The molecule has 0 heterocycles. The number of rotatable bonds is 5. The number of hydrogen-bond acceptors (Lipinski definition) is 3. The molecular weight excluding hydrogens is 263 g/mol. The highest BCUT2D eigenvalue weighted by Crippen LogP contribution is 2.35. The fraction of sp³-hybridized carbons (Fsp3) is 0.455. The van der Waals surface area contributed by atoms with Crippen molar-refractivity contribution in [1.82, 2.24) is 0 Å². The van der Waals surface area contributed by atoms with Gasteiger partial charge < -0.3 is 5.32 Å². The van der Waals surface area contributed by atoms with Gasteiger partial charge in [0.25, 0.3) is 5.69 Å². The van der Waals surface area contributed by atoms with Crippen molar-refractivity contribution >= 4 is 34.6 Å². The van der Waals surface area contributed by atoms with Crippen LogP contribution in [0.4, 0.5) is 11.4 Å². The molecule has 0 aromatic heterocycles. The highest BCUT2D eigenvalue weighted by atomic mass is 35.5. The van der Waals surface area contributed by atoms with Crippen LogP contribution in [0.1, 0.15) is 26.7 Å². The van der Waals surface area contributed by atoms with Gasteiger partial charge in [0.1, 0.15) is 0 Å². The van der Waals surface area contributed by atoms with Crippen molar-refractivity contribution < 1.29 is 4.92 Å². The maximum absolute atomic E-state index is 10.6. The van der Waals surface area contributed by atoms with Crippen molar-refractivity contribution in [2.75, 3.05) is 5.32 Å². The quantitative estimate of drug-likeness (QED) is 0.636. The van der Waals surface area contributed by atoms with Crippen LogP contribution in [0.15, 0.2) is 12.1 Å². The number of nitro benzene ring substituents is 1. The summed E-state index contributed by atoms with van der Waals surface area (Å²) in [6.45, 7) is 4.10. The van der Waals surface area contributed by atoms with Gasteiger partial charge in [-0.25, -0.2) is 0 Å². The lowest BCUT2D eigenvalue weighted by Gasteiger charge is -2.18. The van der Waals surface area contributed by atoms with E-state index in [0.29, 0.717) is 5.69 Å². The first-order valence-corrected chi connectivity index (χ1v) is 6.15. The van der Waals surface area contributed by atoms with Crippen molar-refractivity contribution in [1.29, 1.82) is 0 Å². The summed E-state index contributed by atoms with van der Waals surface area (Å²) in [5.74, 6) is 0. The summed E-state index contributed by atoms with van der Waals surface area (Å²) in [6.07, 6.45) is 1.86. The number of non-ortho nitro benzene ring substituents is 1. The van der Waals surface area contributed by atoms with E-state index in [1.807, 2.05) is 13.8 Å². The van der Waals surface area contributed by atoms with Crippen LogP contribution in [0.2, 0.25) is 10.0 Å². The van der Waals surface area contributed by atoms with E-state index >= 15 is 0 Å². The minimum Gasteiger partial charge on any atom is -0.380 e. The molecule has 0 bridgehead atoms. The summed E-state index contributed by atoms with van der Waals surface area (Å²) < 4.78 is 0. The zero-order valence-corrected chi connectivity index (χ0v) is 11.2. The summed E-state index contributed by atoms with van der Waals surface area (Å²) in [7, 11) is 0. The number of anilines is 1. The molecule has 94 valence electrons. The highest BCUT2D eigenvalue weighted by molar-refractivity contribution is 6.39. The minimum atomic E-state index is -0.515. The Labute approximate surface area is 110 Å². The van der Waals surface area contributed by atoms with Gasteiger partial charge in [0.05, 0.1) is 20.7 Å². The molecule has 0 amide bonds. The molecule has 0 aliphatic carbocycles. The Morgan fingerprint density at radius 3 is 2.12 bits per heavy atom. The van der Waals surface area contributed by atoms with E-state index in [1.54, 1.807) is 0 Å². The first-order chi connectivity index (χ1) is 7.99. The Morgan fingerprint density at radius 2 is 1.76 bits per heavy atom. The first kappa shape index (κ1) is 14.1. The molecule has 0 unspecified atom stereocenters. The van der Waals surface area contributed by atoms with E-state index in [1.165, 1.54) is 12.1 Å². The summed E-state index contributed by atoms with van der Waals surface area (Å²) in [6, 6.07) is 2.86. The Morgan fingerprint density at radius 1 is 1.29 bits per heavy atom. The molecule has 0 spiro atoms. The molecule has 1 rings (SSSR count). The molecule has 0 aliphatic heterocycles. The van der Waals surface area contributed by atoms with E-state index in [9.17, 15) is 10.1 Å². The molecule has 0 radical (unpaired) electrons. The van der Waals surface area contributed by atoms with Crippen molar-refractivity contribution in [3.05, 3.63) is 32.3 Å². The number of benzene rings is 1. The van der Waals surface area contributed by atoms with Gasteiger partial charge in [0.2, 0.25) is 0 Å². The van der Waals surface area contributed by atoms with E-state index in [-0.39, 0.29) is 21.8 Å². The third-order valence-corrected chi connectivity index (χ3v) is 3.17. The lowest BCUT2D eigenvalue weighted by atomic mass is 10.1. The van der Waals surface area contributed by atoms with Crippen LogP contribution < -0.4 is 5.32 Å². The second-order valence-electron chi connectivity index (χ2n) is 3.70. The molecular formula is C11H14Cl2N2O2. The lowest BCUT2D eigenvalue weighted by Crippen LogP contribution is -2.17. The van der Waals surface area contributed by atoms with Crippen molar-refractivity contribution in [2.24, 2.45) is 0 Å². The monoisotopic (exact) mass is 276 g/mol. The third kappa shape index (κ3) is 3.48. The minimum absolute atomic E-state index is 0.102. The highest BCUT2D eigenvalue weighted by Gasteiger charge is 2.16. The van der Waals surface area contributed by atoms with Gasteiger partial charge in [-0.3, -0.25) is 10.1 Å². The molecule has 0 saturated carbocycles. The lowest BCUT2D eigenvalue weighted by molar-refractivity contribution is -0.384. The van der Waals surface area contributed by atoms with Crippen LogP contribution in [0.5, 0.6) is 0 Å². The number of nitrogens with one attached hydrogen (secondary N) is 1. The Balaban J connectivity index is 3.05. The molecule has 1 aromatic carbocycles. The largest absolute Gasteiger partial charge is 0.380 e. The van der Waals surface area contributed by atoms with Gasteiger partial charge in [0, 0.05) is 18.2 Å². The molecule has 6 heteroatoms. The molecule has 4 nitrogen and oxygen atoms in total. The fourth-order valence-corrected chi connectivity index (χ4v) is 2.08. The average Bonchev–Trinajstić information content (AvgIpc) is 2.28. The second kappa shape index (κ2) is 6.07. The summed E-state index contributed by atoms with van der Waals surface area (Å²) in [5.41, 5.74) is 0.461. The Kier molecular flexibility index (Phi) is 5.02. The zero-order chi connectivity index (χ0) is 13.0. The molecule has 0 saturated heterocycles. The number of nitrogens with zero attached hydrogens (tertiary/aromatic N) is 1. The smallest absolute Gasteiger partial charge is 0.272 e. The standard InChI is InChI=1S/C11H14Cl2N2O2/c1-3-7(4-2)14-11-9(12)5-8(15(16)17)6-10(11)13/h5-7,14H,3-4H2,1-2H3. The number of hydrogen-bond donors (Lipinski definition) is 1. The topological polar surface area (TPSA) is 55.2 Å². The van der Waals surface area contributed by atoms with E-state index in [2.05, 4.69) is 5.32 Å². The predicted octanol–water partition coefficient (Wildman–Crippen LogP) is 4.50. The van der Waals surface area contributed by atoms with Crippen LogP contribution in [0, 0.1) is 10.1 Å². The van der Waals surface area contributed by atoms with E-state index in [4.69, 9.17) is 23.2 Å². The van der Waals surface area contributed by atoms with Gasteiger partial charge in [-0.1, -0.05) is 37.0 Å². The van der Waals surface area contributed by atoms with Gasteiger partial charge >= 0.3 is 0 Å². The van der Waals surface area contributed by atoms with Crippen molar-refractivity contribution in [3.8, 4) is 0 Å². The van der Waals surface area contributed by atoms with Gasteiger partial charge in [0.15, 0.2) is 0 Å². The molecule has 0 fully saturated rings. The van der Waals surface area contributed by atoms with Gasteiger partial charge in [-0.2, -0.15) is 0 Å². The van der Waals surface area contributed by atoms with Gasteiger partial charge in [-0.15, -0.1) is 0 Å². The molecule has 0 aliphatic rings. The number of halogens is 2. The predicted molar refractivity (Wildman–Crippen MR) is 71.1 cm³/mol. The SMILES string of the molecule is CCC(CC)Nc1c(Cl)cc([N+](=O)[O-])cc1Cl. The van der Waals surface area contributed by atoms with E-state index in [0.717, 1.165) is 12.8 Å². The fourth-order valence-electron chi connectivity index (χ4n) is 1.50. The summed E-state index contributed by atoms with van der Waals surface area (Å²) >= 11 is 12.0. The second-order valence-corrected chi connectivity index (χ2v) is 4.51. The van der Waals surface area contributed by atoms with Crippen LogP contribution in [-0.4, -0.2) is 11.0 Å². The number of nitro groups is 1. The van der Waals surface area contributed by atoms with Gasteiger partial charge in [-0.05, 0) is 12.8 Å². The summed E-state index contributed by atoms with van der Waals surface area (Å²) in [4.78, 5) is 10.1. The van der Waals surface area contributed by atoms with Crippen LogP contribution in [-0.2, 0) is 0 Å². The molecule has 17 heavy (non-hydrogen) atoms. The van der Waals surface area contributed by atoms with E-state index < -0.39 is 4.92 Å². The average molecular weight is 277 g/mol. The summed E-state index contributed by atoms with van der Waals surface area (Å²) in [5, 5.41) is 14.4. The normalized spacial score (nSPS) is 10.6. The van der Waals surface area contributed by atoms with Crippen molar-refractivity contribution in [3.63, 3.8) is 0 Å². The first-order valence-electron chi connectivity index (χ1n) is 5.39. The molecule has 1 N–H and O–H groups in total. The van der Waals surface area contributed by atoms with Crippen LogP contribution in [0.25, 0.3) is 0 Å². The third-order valence-electron chi connectivity index (χ3n) is 2.57. The Hall–Kier alpha value is -1.00.